The van der Waals surface area contributed by atoms with Crippen LogP contribution < -0.4 is 11.1 Å². The van der Waals surface area contributed by atoms with Crippen molar-refractivity contribution in [3.63, 3.8) is 0 Å². The molecule has 0 unspecified atom stereocenters. The Hall–Kier alpha value is -1.69. The molecule has 0 atom stereocenters. The number of hydrogen-bond acceptors (Lipinski definition) is 4. The number of ether oxygens (including phenoxy) is 2. The highest BCUT2D eigenvalue weighted by atomic mass is 16.5. The van der Waals surface area contributed by atoms with Gasteiger partial charge in [0, 0.05) is 19.2 Å². The first-order valence-corrected chi connectivity index (χ1v) is 6.69. The van der Waals surface area contributed by atoms with Crippen LogP contribution >= 0.6 is 0 Å². The maximum Gasteiger partial charge on any atom is 0.244 e. The predicted octanol–water partition coefficient (Wildman–Crippen LogP) is 0.808. The average molecular weight is 278 g/mol. The fourth-order valence-corrected chi connectivity index (χ4v) is 1.45. The smallest absolute Gasteiger partial charge is 0.244 e. The van der Waals surface area contributed by atoms with E-state index in [2.05, 4.69) is 5.32 Å². The van der Waals surface area contributed by atoms with Crippen molar-refractivity contribution in [1.29, 1.82) is 0 Å². The molecule has 0 fully saturated rings. The Morgan fingerprint density at radius 1 is 1.10 bits per heavy atom. The molecule has 1 rings (SSSR count). The van der Waals surface area contributed by atoms with Gasteiger partial charge in [0.05, 0.1) is 26.4 Å². The topological polar surface area (TPSA) is 73.6 Å². The number of benzene rings is 1. The van der Waals surface area contributed by atoms with E-state index in [1.807, 2.05) is 30.3 Å². The van der Waals surface area contributed by atoms with Gasteiger partial charge in [0.2, 0.25) is 5.91 Å². The Labute approximate surface area is 119 Å². The molecule has 0 saturated carbocycles. The van der Waals surface area contributed by atoms with E-state index in [1.165, 1.54) is 6.08 Å². The summed E-state index contributed by atoms with van der Waals surface area (Å²) < 4.78 is 10.4. The first-order valence-electron chi connectivity index (χ1n) is 6.69. The third-order valence-electron chi connectivity index (χ3n) is 2.41. The van der Waals surface area contributed by atoms with Crippen LogP contribution in [0.4, 0.5) is 0 Å². The molecule has 0 spiro atoms. The zero-order valence-corrected chi connectivity index (χ0v) is 11.6. The monoisotopic (exact) mass is 278 g/mol. The van der Waals surface area contributed by atoms with Crippen LogP contribution in [0.3, 0.4) is 0 Å². The number of nitrogens with one attached hydrogen (secondary N) is 1. The number of hydrogen-bond donors (Lipinski definition) is 2. The number of carbonyl (C=O) groups excluding carboxylic acids is 1. The molecule has 3 N–H and O–H groups in total. The summed E-state index contributed by atoms with van der Waals surface area (Å²) in [5.74, 6) is -0.128. The second kappa shape index (κ2) is 11.2. The number of nitrogens with two attached hydrogens (primary N) is 1. The third-order valence-corrected chi connectivity index (χ3v) is 2.41. The van der Waals surface area contributed by atoms with Gasteiger partial charge in [-0.05, 0) is 11.6 Å². The Balaban J connectivity index is 2.02. The predicted molar refractivity (Wildman–Crippen MR) is 79.2 cm³/mol. The minimum Gasteiger partial charge on any atom is -0.378 e. The molecule has 1 aromatic carbocycles. The van der Waals surface area contributed by atoms with Crippen molar-refractivity contribution in [2.24, 2.45) is 5.73 Å². The summed E-state index contributed by atoms with van der Waals surface area (Å²) in [6, 6.07) is 9.67. The molecule has 0 aliphatic heterocycles. The second-order valence-corrected chi connectivity index (χ2v) is 4.05. The molecular formula is C15H22N2O3. The molecule has 0 aliphatic rings. The summed E-state index contributed by atoms with van der Waals surface area (Å²) in [5.41, 5.74) is 6.27. The summed E-state index contributed by atoms with van der Waals surface area (Å²) in [7, 11) is 0. The third kappa shape index (κ3) is 8.42. The number of carbonyl (C=O) groups is 1. The highest BCUT2D eigenvalue weighted by Crippen LogP contribution is 2.00. The van der Waals surface area contributed by atoms with Crippen LogP contribution in [-0.4, -0.2) is 45.4 Å². The molecule has 0 radical (unpaired) electrons. The maximum atomic E-state index is 11.5. The Morgan fingerprint density at radius 3 is 2.50 bits per heavy atom. The second-order valence-electron chi connectivity index (χ2n) is 4.05. The molecule has 0 aliphatic carbocycles. The standard InChI is InChI=1S/C15H22N2O3/c16-8-10-19-12-13-20-11-9-17-15(18)7-6-14-4-2-1-3-5-14/h1-7H,8-13,16H2,(H,17,18). The van der Waals surface area contributed by atoms with Crippen molar-refractivity contribution in [3.8, 4) is 0 Å². The number of rotatable bonds is 10. The van der Waals surface area contributed by atoms with Gasteiger partial charge in [0.25, 0.3) is 0 Å². The minimum absolute atomic E-state index is 0.128. The van der Waals surface area contributed by atoms with Crippen molar-refractivity contribution in [3.05, 3.63) is 42.0 Å². The number of amides is 1. The van der Waals surface area contributed by atoms with E-state index in [4.69, 9.17) is 15.2 Å². The summed E-state index contributed by atoms with van der Waals surface area (Å²) in [6.07, 6.45) is 3.29. The van der Waals surface area contributed by atoms with Crippen molar-refractivity contribution in [1.82, 2.24) is 5.32 Å². The highest BCUT2D eigenvalue weighted by Gasteiger charge is 1.95. The summed E-state index contributed by atoms with van der Waals surface area (Å²) >= 11 is 0. The van der Waals surface area contributed by atoms with Crippen LogP contribution in [0.25, 0.3) is 6.08 Å². The maximum absolute atomic E-state index is 11.5. The van der Waals surface area contributed by atoms with E-state index < -0.39 is 0 Å². The van der Waals surface area contributed by atoms with Crippen molar-refractivity contribution in [2.45, 2.75) is 0 Å². The molecule has 110 valence electrons. The summed E-state index contributed by atoms with van der Waals surface area (Å²) in [4.78, 5) is 11.5. The largest absolute Gasteiger partial charge is 0.378 e. The van der Waals surface area contributed by atoms with Crippen LogP contribution in [0.15, 0.2) is 36.4 Å². The molecule has 0 saturated heterocycles. The van der Waals surface area contributed by atoms with E-state index in [0.29, 0.717) is 39.5 Å². The molecule has 1 amide bonds. The average Bonchev–Trinajstić information content (AvgIpc) is 2.49. The molecule has 1 aromatic rings. The van der Waals surface area contributed by atoms with Crippen LogP contribution in [0, 0.1) is 0 Å². The zero-order valence-electron chi connectivity index (χ0n) is 11.6. The first-order chi connectivity index (χ1) is 9.83. The minimum atomic E-state index is -0.128. The SMILES string of the molecule is NCCOCCOCCNC(=O)C=Cc1ccccc1. The zero-order chi connectivity index (χ0) is 14.5. The van der Waals surface area contributed by atoms with E-state index in [0.717, 1.165) is 5.56 Å². The quantitative estimate of drug-likeness (QED) is 0.490. The summed E-state index contributed by atoms with van der Waals surface area (Å²) in [5, 5.41) is 2.74. The van der Waals surface area contributed by atoms with Crippen molar-refractivity contribution < 1.29 is 14.3 Å². The molecule has 20 heavy (non-hydrogen) atoms. The first kappa shape index (κ1) is 16.4. The molecule has 5 heteroatoms. The fourth-order valence-electron chi connectivity index (χ4n) is 1.45. The van der Waals surface area contributed by atoms with Crippen molar-refractivity contribution in [2.75, 3.05) is 39.5 Å². The van der Waals surface area contributed by atoms with Gasteiger partial charge < -0.3 is 20.5 Å². The van der Waals surface area contributed by atoms with Gasteiger partial charge in [0.15, 0.2) is 0 Å². The van der Waals surface area contributed by atoms with Crippen LogP contribution in [0.1, 0.15) is 5.56 Å². The summed E-state index contributed by atoms with van der Waals surface area (Å²) in [6.45, 7) is 3.05. The van der Waals surface area contributed by atoms with Gasteiger partial charge in [-0.2, -0.15) is 0 Å². The van der Waals surface area contributed by atoms with Gasteiger partial charge >= 0.3 is 0 Å². The lowest BCUT2D eigenvalue weighted by Crippen LogP contribution is -2.26. The lowest BCUT2D eigenvalue weighted by molar-refractivity contribution is -0.116. The van der Waals surface area contributed by atoms with E-state index in [-0.39, 0.29) is 5.91 Å². The van der Waals surface area contributed by atoms with Gasteiger partial charge in [0.1, 0.15) is 0 Å². The van der Waals surface area contributed by atoms with Gasteiger partial charge in [-0.3, -0.25) is 4.79 Å². The lowest BCUT2D eigenvalue weighted by atomic mass is 10.2. The normalized spacial score (nSPS) is 10.8. The van der Waals surface area contributed by atoms with Crippen LogP contribution in [0.2, 0.25) is 0 Å². The molecule has 0 bridgehead atoms. The molecular weight excluding hydrogens is 256 g/mol. The highest BCUT2D eigenvalue weighted by molar-refractivity contribution is 5.91. The molecule has 0 aromatic heterocycles. The molecule has 0 heterocycles. The van der Waals surface area contributed by atoms with E-state index in [1.54, 1.807) is 6.08 Å². The van der Waals surface area contributed by atoms with Crippen molar-refractivity contribution >= 4 is 12.0 Å². The Morgan fingerprint density at radius 2 is 1.80 bits per heavy atom. The van der Waals surface area contributed by atoms with Crippen LogP contribution in [0.5, 0.6) is 0 Å². The van der Waals surface area contributed by atoms with Gasteiger partial charge in [-0.25, -0.2) is 0 Å². The van der Waals surface area contributed by atoms with Gasteiger partial charge in [-0.1, -0.05) is 30.3 Å². The Bertz CT molecular complexity index is 393. The van der Waals surface area contributed by atoms with E-state index >= 15 is 0 Å². The van der Waals surface area contributed by atoms with Gasteiger partial charge in [-0.15, -0.1) is 0 Å². The lowest BCUT2D eigenvalue weighted by Gasteiger charge is -2.05. The van der Waals surface area contributed by atoms with E-state index in [9.17, 15) is 4.79 Å². The Kier molecular flexibility index (Phi) is 9.13. The fraction of sp³-hybridized carbons (Fsp3) is 0.400. The molecule has 5 nitrogen and oxygen atoms in total. The van der Waals surface area contributed by atoms with Crippen LogP contribution in [-0.2, 0) is 14.3 Å².